The zero-order valence-electron chi connectivity index (χ0n) is 9.31. The monoisotopic (exact) mass is 185 g/mol. The Kier molecular flexibility index (Phi) is 4.20. The molecular weight excluding hydrogens is 162 g/mol. The summed E-state index contributed by atoms with van der Waals surface area (Å²) in [4.78, 5) is 2.44. The molecule has 0 radical (unpaired) electrons. The first-order valence-corrected chi connectivity index (χ1v) is 5.57. The number of likely N-dealkylation sites (tertiary alicyclic amines) is 1. The van der Waals surface area contributed by atoms with Crippen molar-refractivity contribution in [2.75, 3.05) is 33.4 Å². The van der Waals surface area contributed by atoms with Crippen LogP contribution in [0.5, 0.6) is 0 Å². The lowest BCUT2D eigenvalue weighted by Gasteiger charge is -2.37. The minimum atomic E-state index is 0.549. The van der Waals surface area contributed by atoms with Crippen molar-refractivity contribution < 1.29 is 4.74 Å². The number of rotatable bonds is 0. The number of piperidine rings is 1. The van der Waals surface area contributed by atoms with Crippen LogP contribution >= 0.6 is 0 Å². The molecule has 0 aromatic rings. The molecule has 0 aromatic heterocycles. The van der Waals surface area contributed by atoms with Gasteiger partial charge in [-0.25, -0.2) is 0 Å². The third kappa shape index (κ3) is 2.68. The normalized spacial score (nSPS) is 34.4. The molecular formula is C11H23NO. The SMILES string of the molecule is CC.CN1CCCC2(CCOC2)C1. The maximum atomic E-state index is 5.46. The Labute approximate surface area is 82.3 Å². The standard InChI is InChI=1S/C9H17NO.C2H6/c1-10-5-2-3-9(7-10)4-6-11-8-9;1-2/h2-8H2,1H3;1-2H3. The van der Waals surface area contributed by atoms with E-state index in [-0.39, 0.29) is 0 Å². The van der Waals surface area contributed by atoms with Crippen LogP contribution in [0.15, 0.2) is 0 Å². The van der Waals surface area contributed by atoms with E-state index < -0.39 is 0 Å². The Bertz CT molecular complexity index is 141. The van der Waals surface area contributed by atoms with Gasteiger partial charge >= 0.3 is 0 Å². The largest absolute Gasteiger partial charge is 0.381 e. The molecule has 1 unspecified atom stereocenters. The highest BCUT2D eigenvalue weighted by Crippen LogP contribution is 2.36. The lowest BCUT2D eigenvalue weighted by molar-refractivity contribution is 0.0825. The third-order valence-electron chi connectivity index (χ3n) is 3.04. The highest BCUT2D eigenvalue weighted by molar-refractivity contribution is 4.88. The fourth-order valence-corrected chi connectivity index (χ4v) is 2.43. The Morgan fingerprint density at radius 2 is 2.00 bits per heavy atom. The molecule has 2 aliphatic heterocycles. The van der Waals surface area contributed by atoms with Crippen LogP contribution in [-0.4, -0.2) is 38.3 Å². The maximum Gasteiger partial charge on any atom is 0.0535 e. The van der Waals surface area contributed by atoms with Crippen molar-refractivity contribution in [1.82, 2.24) is 4.90 Å². The molecule has 0 N–H and O–H groups in total. The van der Waals surface area contributed by atoms with Gasteiger partial charge in [-0.1, -0.05) is 13.8 Å². The van der Waals surface area contributed by atoms with Crippen molar-refractivity contribution in [2.24, 2.45) is 5.41 Å². The molecule has 2 fully saturated rings. The lowest BCUT2D eigenvalue weighted by Crippen LogP contribution is -2.41. The number of hydrogen-bond donors (Lipinski definition) is 0. The molecule has 78 valence electrons. The summed E-state index contributed by atoms with van der Waals surface area (Å²) in [6, 6.07) is 0. The number of nitrogens with zero attached hydrogens (tertiary/aromatic N) is 1. The van der Waals surface area contributed by atoms with Crippen LogP contribution in [0.25, 0.3) is 0 Å². The predicted molar refractivity (Wildman–Crippen MR) is 55.9 cm³/mol. The molecule has 2 nitrogen and oxygen atoms in total. The van der Waals surface area contributed by atoms with E-state index in [9.17, 15) is 0 Å². The zero-order chi connectivity index (χ0) is 9.73. The van der Waals surface area contributed by atoms with Gasteiger partial charge in [-0.3, -0.25) is 0 Å². The summed E-state index contributed by atoms with van der Waals surface area (Å²) < 4.78 is 5.46. The number of ether oxygens (including phenoxy) is 1. The Balaban J connectivity index is 0.000000396. The summed E-state index contributed by atoms with van der Waals surface area (Å²) in [5.41, 5.74) is 0.549. The van der Waals surface area contributed by atoms with Gasteiger partial charge in [-0.2, -0.15) is 0 Å². The fourth-order valence-electron chi connectivity index (χ4n) is 2.43. The van der Waals surface area contributed by atoms with Crippen LogP contribution in [0, 0.1) is 5.41 Å². The number of hydrogen-bond acceptors (Lipinski definition) is 2. The van der Waals surface area contributed by atoms with E-state index in [1.807, 2.05) is 13.8 Å². The predicted octanol–water partition coefficient (Wildman–Crippen LogP) is 2.14. The first-order valence-electron chi connectivity index (χ1n) is 5.57. The van der Waals surface area contributed by atoms with Crippen molar-refractivity contribution >= 4 is 0 Å². The van der Waals surface area contributed by atoms with Gasteiger partial charge in [0.2, 0.25) is 0 Å². The highest BCUT2D eigenvalue weighted by Gasteiger charge is 2.37. The van der Waals surface area contributed by atoms with E-state index in [0.717, 1.165) is 13.2 Å². The molecule has 0 aromatic carbocycles. The minimum absolute atomic E-state index is 0.549. The van der Waals surface area contributed by atoms with Gasteiger partial charge in [0, 0.05) is 18.6 Å². The maximum absolute atomic E-state index is 5.46. The Morgan fingerprint density at radius 3 is 2.54 bits per heavy atom. The summed E-state index contributed by atoms with van der Waals surface area (Å²) in [5.74, 6) is 0. The van der Waals surface area contributed by atoms with Crippen molar-refractivity contribution in [3.63, 3.8) is 0 Å². The van der Waals surface area contributed by atoms with Gasteiger partial charge in [0.15, 0.2) is 0 Å². The molecule has 0 amide bonds. The molecule has 1 atom stereocenters. The van der Waals surface area contributed by atoms with E-state index in [0.29, 0.717) is 5.41 Å². The average molecular weight is 185 g/mol. The summed E-state index contributed by atoms with van der Waals surface area (Å²) in [6.45, 7) is 8.54. The third-order valence-corrected chi connectivity index (χ3v) is 3.04. The van der Waals surface area contributed by atoms with E-state index in [1.54, 1.807) is 0 Å². The minimum Gasteiger partial charge on any atom is -0.381 e. The van der Waals surface area contributed by atoms with Crippen LogP contribution in [0.1, 0.15) is 33.1 Å². The van der Waals surface area contributed by atoms with Crippen LogP contribution in [0.4, 0.5) is 0 Å². The molecule has 2 heteroatoms. The molecule has 0 aliphatic carbocycles. The lowest BCUT2D eigenvalue weighted by atomic mass is 9.80. The van der Waals surface area contributed by atoms with Crippen LogP contribution in [0.2, 0.25) is 0 Å². The fraction of sp³-hybridized carbons (Fsp3) is 1.00. The summed E-state index contributed by atoms with van der Waals surface area (Å²) >= 11 is 0. The van der Waals surface area contributed by atoms with Gasteiger partial charge in [0.05, 0.1) is 6.61 Å². The molecule has 2 saturated heterocycles. The summed E-state index contributed by atoms with van der Waals surface area (Å²) in [5, 5.41) is 0. The Morgan fingerprint density at radius 1 is 1.23 bits per heavy atom. The van der Waals surface area contributed by atoms with E-state index in [1.165, 1.54) is 32.4 Å². The second-order valence-electron chi connectivity index (χ2n) is 4.14. The summed E-state index contributed by atoms with van der Waals surface area (Å²) in [7, 11) is 2.22. The summed E-state index contributed by atoms with van der Waals surface area (Å²) in [6.07, 6.45) is 4.04. The van der Waals surface area contributed by atoms with E-state index in [4.69, 9.17) is 4.74 Å². The van der Waals surface area contributed by atoms with Gasteiger partial charge in [0.25, 0.3) is 0 Å². The van der Waals surface area contributed by atoms with Crippen molar-refractivity contribution in [2.45, 2.75) is 33.1 Å². The van der Waals surface area contributed by atoms with Gasteiger partial charge in [-0.15, -0.1) is 0 Å². The average Bonchev–Trinajstić information content (AvgIpc) is 2.56. The van der Waals surface area contributed by atoms with Crippen LogP contribution < -0.4 is 0 Å². The van der Waals surface area contributed by atoms with Crippen molar-refractivity contribution in [1.29, 1.82) is 0 Å². The van der Waals surface area contributed by atoms with E-state index in [2.05, 4.69) is 11.9 Å². The van der Waals surface area contributed by atoms with Crippen molar-refractivity contribution in [3.05, 3.63) is 0 Å². The highest BCUT2D eigenvalue weighted by atomic mass is 16.5. The molecule has 0 saturated carbocycles. The molecule has 2 aliphatic rings. The van der Waals surface area contributed by atoms with Gasteiger partial charge in [0.1, 0.15) is 0 Å². The topological polar surface area (TPSA) is 12.5 Å². The molecule has 2 rings (SSSR count). The van der Waals surface area contributed by atoms with Crippen LogP contribution in [-0.2, 0) is 4.74 Å². The Hall–Kier alpha value is -0.0800. The first kappa shape index (κ1) is 11.0. The molecule has 0 bridgehead atoms. The molecule has 2 heterocycles. The van der Waals surface area contributed by atoms with Gasteiger partial charge < -0.3 is 9.64 Å². The smallest absolute Gasteiger partial charge is 0.0535 e. The van der Waals surface area contributed by atoms with Crippen molar-refractivity contribution in [3.8, 4) is 0 Å². The second kappa shape index (κ2) is 4.97. The zero-order valence-corrected chi connectivity index (χ0v) is 9.31. The second-order valence-corrected chi connectivity index (χ2v) is 4.14. The van der Waals surface area contributed by atoms with Gasteiger partial charge in [-0.05, 0) is 32.9 Å². The first-order chi connectivity index (χ1) is 6.31. The molecule has 13 heavy (non-hydrogen) atoms. The van der Waals surface area contributed by atoms with Crippen LogP contribution in [0.3, 0.4) is 0 Å². The van der Waals surface area contributed by atoms with E-state index >= 15 is 0 Å². The molecule has 1 spiro atoms. The quantitative estimate of drug-likeness (QED) is 0.573.